The molecule has 2 N–H and O–H groups in total. The molecular formula is C62H113O11P. The number of hydrogen-bond acceptors (Lipinski definition) is 10. The van der Waals surface area contributed by atoms with Gasteiger partial charge < -0.3 is 24.2 Å². The summed E-state index contributed by atoms with van der Waals surface area (Å²) in [6.07, 6.45) is 60.6. The number of allylic oxidation sites excluding steroid dienone is 8. The molecule has 0 bridgehead atoms. The fourth-order valence-electron chi connectivity index (χ4n) is 8.60. The Morgan fingerprint density at radius 2 is 0.703 bits per heavy atom. The third-order valence-electron chi connectivity index (χ3n) is 13.2. The van der Waals surface area contributed by atoms with Gasteiger partial charge in [-0.1, -0.05) is 243 Å². The summed E-state index contributed by atoms with van der Waals surface area (Å²) in [5.41, 5.74) is 0. The first-order valence-electron chi connectivity index (χ1n) is 30.5. The van der Waals surface area contributed by atoms with Gasteiger partial charge in [0.15, 0.2) is 6.10 Å². The third-order valence-corrected chi connectivity index (χ3v) is 14.2. The van der Waals surface area contributed by atoms with E-state index in [4.69, 9.17) is 23.3 Å². The molecule has 11 nitrogen and oxygen atoms in total. The Labute approximate surface area is 453 Å². The molecule has 0 radical (unpaired) electrons. The van der Waals surface area contributed by atoms with Crippen molar-refractivity contribution in [2.45, 2.75) is 303 Å². The van der Waals surface area contributed by atoms with Gasteiger partial charge in [-0.25, -0.2) is 4.57 Å². The van der Waals surface area contributed by atoms with Crippen LogP contribution in [-0.4, -0.2) is 66.5 Å². The highest BCUT2D eigenvalue weighted by atomic mass is 31.2. The van der Waals surface area contributed by atoms with Crippen molar-refractivity contribution in [2.24, 2.45) is 0 Å². The summed E-state index contributed by atoms with van der Waals surface area (Å²) in [5, 5.41) is 9.82. The molecule has 0 saturated carbocycles. The van der Waals surface area contributed by atoms with Gasteiger partial charge in [-0.15, -0.1) is 0 Å². The molecule has 0 rings (SSSR count). The fraction of sp³-hybridized carbons (Fsp3) is 0.823. The third kappa shape index (κ3) is 54.2. The van der Waals surface area contributed by atoms with Crippen LogP contribution in [0.5, 0.6) is 0 Å². The normalized spacial score (nSPS) is 13.6. The van der Waals surface area contributed by atoms with E-state index in [0.29, 0.717) is 19.3 Å². The maximum Gasteiger partial charge on any atom is 0.472 e. The van der Waals surface area contributed by atoms with Crippen molar-refractivity contribution in [1.82, 2.24) is 0 Å². The monoisotopic (exact) mass is 1060 g/mol. The lowest BCUT2D eigenvalue weighted by Gasteiger charge is -2.21. The molecule has 74 heavy (non-hydrogen) atoms. The number of esters is 3. The summed E-state index contributed by atoms with van der Waals surface area (Å²) in [6.45, 7) is 4.55. The Kier molecular flexibility index (Phi) is 54.7. The summed E-state index contributed by atoms with van der Waals surface area (Å²) in [6, 6.07) is 0. The lowest BCUT2D eigenvalue weighted by molar-refractivity contribution is -0.161. The quantitative estimate of drug-likeness (QED) is 0.0197. The van der Waals surface area contributed by atoms with Gasteiger partial charge in [0.1, 0.15) is 12.7 Å². The number of aliphatic hydroxyl groups excluding tert-OH is 1. The second-order valence-corrected chi connectivity index (χ2v) is 21.9. The standard InChI is InChI=1S/C62H113O11P/c1-4-7-10-13-16-19-22-25-27-28-29-30-32-35-38-41-44-47-50-53-62(66)73-59(55-69-60(64)51-48-45-42-39-36-34-31-26-23-20-17-14-11-8-5-2)57-71-74(67,68)70-56-58(54-63)72-61(65)52-49-46-43-40-37-33-24-21-18-15-12-9-6-3/h8,11,17,20,25-27,31,58-59,63H,4-7,9-10,12-16,18-19,21-24,28-30,32-57H2,1-3H3,(H,67,68)/b11-8-,20-17-,27-25-,31-26-. The molecule has 0 aliphatic carbocycles. The van der Waals surface area contributed by atoms with Crippen molar-refractivity contribution in [3.05, 3.63) is 48.6 Å². The number of hydrogen-bond donors (Lipinski definition) is 2. The Bertz CT molecular complexity index is 1430. The van der Waals surface area contributed by atoms with E-state index in [1.807, 2.05) is 0 Å². The number of rotatable bonds is 57. The van der Waals surface area contributed by atoms with Crippen molar-refractivity contribution < 1.29 is 52.2 Å². The molecule has 0 spiro atoms. The fourth-order valence-corrected chi connectivity index (χ4v) is 9.39. The van der Waals surface area contributed by atoms with Crippen LogP contribution in [0.15, 0.2) is 48.6 Å². The number of unbranched alkanes of at least 4 members (excludes halogenated alkanes) is 32. The summed E-state index contributed by atoms with van der Waals surface area (Å²) < 4.78 is 39.6. The van der Waals surface area contributed by atoms with E-state index in [1.54, 1.807) is 0 Å². The number of carbonyl (C=O) groups is 3. The first-order valence-corrected chi connectivity index (χ1v) is 32.0. The highest BCUT2D eigenvalue weighted by Crippen LogP contribution is 2.43. The van der Waals surface area contributed by atoms with E-state index in [1.165, 1.54) is 141 Å². The number of carbonyl (C=O) groups excluding carboxylic acids is 3. The zero-order valence-electron chi connectivity index (χ0n) is 47.8. The van der Waals surface area contributed by atoms with Gasteiger partial charge in [-0.2, -0.15) is 0 Å². The molecule has 0 aliphatic heterocycles. The van der Waals surface area contributed by atoms with Crippen LogP contribution < -0.4 is 0 Å². The molecule has 0 heterocycles. The predicted octanol–water partition coefficient (Wildman–Crippen LogP) is 18.1. The molecular weight excluding hydrogens is 952 g/mol. The minimum Gasteiger partial charge on any atom is -0.462 e. The molecule has 0 saturated heterocycles. The van der Waals surface area contributed by atoms with Gasteiger partial charge >= 0.3 is 25.7 Å². The summed E-state index contributed by atoms with van der Waals surface area (Å²) in [7, 11) is -4.75. The minimum absolute atomic E-state index is 0.163. The molecule has 0 fully saturated rings. The van der Waals surface area contributed by atoms with E-state index in [0.717, 1.165) is 89.9 Å². The van der Waals surface area contributed by atoms with Gasteiger partial charge in [-0.05, 0) is 77.0 Å². The Morgan fingerprint density at radius 1 is 0.392 bits per heavy atom. The van der Waals surface area contributed by atoms with Crippen LogP contribution in [0.25, 0.3) is 0 Å². The number of ether oxygens (including phenoxy) is 3. The van der Waals surface area contributed by atoms with E-state index in [9.17, 15) is 28.9 Å². The molecule has 12 heteroatoms. The van der Waals surface area contributed by atoms with E-state index >= 15 is 0 Å². The summed E-state index contributed by atoms with van der Waals surface area (Å²) in [4.78, 5) is 48.6. The number of phosphoric ester groups is 1. The topological polar surface area (TPSA) is 155 Å². The van der Waals surface area contributed by atoms with Gasteiger partial charge in [0.25, 0.3) is 0 Å². The van der Waals surface area contributed by atoms with Gasteiger partial charge in [0.2, 0.25) is 0 Å². The van der Waals surface area contributed by atoms with Crippen molar-refractivity contribution in [3.63, 3.8) is 0 Å². The van der Waals surface area contributed by atoms with Crippen LogP contribution in [0.2, 0.25) is 0 Å². The van der Waals surface area contributed by atoms with Gasteiger partial charge in [-0.3, -0.25) is 23.4 Å². The smallest absolute Gasteiger partial charge is 0.462 e. The van der Waals surface area contributed by atoms with Crippen molar-refractivity contribution in [3.8, 4) is 0 Å². The largest absolute Gasteiger partial charge is 0.472 e. The maximum atomic E-state index is 12.9. The average Bonchev–Trinajstić information content (AvgIpc) is 3.39. The highest BCUT2D eigenvalue weighted by molar-refractivity contribution is 7.47. The zero-order chi connectivity index (χ0) is 54.1. The van der Waals surface area contributed by atoms with E-state index < -0.39 is 57.8 Å². The van der Waals surface area contributed by atoms with Crippen LogP contribution in [0.3, 0.4) is 0 Å². The van der Waals surface area contributed by atoms with Crippen LogP contribution >= 0.6 is 7.82 Å². The van der Waals surface area contributed by atoms with Crippen LogP contribution in [0.4, 0.5) is 0 Å². The van der Waals surface area contributed by atoms with Crippen LogP contribution in [0, 0.1) is 0 Å². The molecule has 0 aromatic carbocycles. The molecule has 0 amide bonds. The molecule has 0 aliphatic rings. The molecule has 0 aromatic heterocycles. The first kappa shape index (κ1) is 71.4. The lowest BCUT2D eigenvalue weighted by atomic mass is 10.0. The van der Waals surface area contributed by atoms with Crippen LogP contribution in [0.1, 0.15) is 290 Å². The molecule has 3 unspecified atom stereocenters. The number of aliphatic hydroxyl groups is 1. The lowest BCUT2D eigenvalue weighted by Crippen LogP contribution is -2.30. The van der Waals surface area contributed by atoms with Gasteiger partial charge in [0, 0.05) is 19.3 Å². The first-order chi connectivity index (χ1) is 36.2. The number of phosphoric acid groups is 1. The van der Waals surface area contributed by atoms with Crippen molar-refractivity contribution in [2.75, 3.05) is 26.4 Å². The SMILES string of the molecule is CC/C=C\C/C=C\C/C=C\CCCCCCCC(=O)OCC(COP(=O)(O)OCC(CO)OC(=O)CCCCCCCCCCCCCCC)OC(=O)CCCCCCCCCCC/C=C\CCCCCCCC. The average molecular weight is 1070 g/mol. The molecule has 3 atom stereocenters. The van der Waals surface area contributed by atoms with E-state index in [-0.39, 0.29) is 25.9 Å². The maximum absolute atomic E-state index is 12.9. The van der Waals surface area contributed by atoms with Crippen molar-refractivity contribution in [1.29, 1.82) is 0 Å². The van der Waals surface area contributed by atoms with Gasteiger partial charge in [0.05, 0.1) is 19.8 Å². The summed E-state index contributed by atoms with van der Waals surface area (Å²) in [5.74, 6) is -1.47. The Balaban J connectivity index is 4.71. The second-order valence-electron chi connectivity index (χ2n) is 20.5. The predicted molar refractivity (Wildman–Crippen MR) is 307 cm³/mol. The Hall–Kier alpha value is -2.56. The zero-order valence-corrected chi connectivity index (χ0v) is 48.7. The van der Waals surface area contributed by atoms with Crippen LogP contribution in [-0.2, 0) is 42.2 Å². The highest BCUT2D eigenvalue weighted by Gasteiger charge is 2.28. The second kappa shape index (κ2) is 56.6. The summed E-state index contributed by atoms with van der Waals surface area (Å²) >= 11 is 0. The molecule has 0 aromatic rings. The minimum atomic E-state index is -4.75. The van der Waals surface area contributed by atoms with E-state index in [2.05, 4.69) is 69.4 Å². The van der Waals surface area contributed by atoms with Crippen molar-refractivity contribution >= 4 is 25.7 Å². The molecule has 432 valence electrons. The Morgan fingerprint density at radius 3 is 1.09 bits per heavy atom.